The molecule has 0 radical (unpaired) electrons. The predicted octanol–water partition coefficient (Wildman–Crippen LogP) is -0.0108. The third-order valence-corrected chi connectivity index (χ3v) is 2.12. The highest BCUT2D eigenvalue weighted by Gasteiger charge is 2.11. The first-order chi connectivity index (χ1) is 8.19. The number of nitrogens with one attached hydrogen (secondary N) is 3. The molecule has 2 amide bonds. The van der Waals surface area contributed by atoms with Crippen LogP contribution in [0.15, 0.2) is 18.5 Å². The molecule has 1 rings (SSSR count). The van der Waals surface area contributed by atoms with Crippen LogP contribution in [-0.4, -0.2) is 36.9 Å². The van der Waals surface area contributed by atoms with E-state index in [-0.39, 0.29) is 18.4 Å². The van der Waals surface area contributed by atoms with Crippen LogP contribution in [0.25, 0.3) is 0 Å². The number of carbonyl (C=O) groups is 2. The third-order valence-electron chi connectivity index (χ3n) is 2.12. The standard InChI is InChI=1S/C11H16N4O2/c1-3-14-10(16)7-15-11(17)8-4-5-13-6-9(8)12-2/h4-6,12H,3,7H2,1-2H3,(H,14,16)(H,15,17). The zero-order valence-corrected chi connectivity index (χ0v) is 9.91. The van der Waals surface area contributed by atoms with Crippen molar-refractivity contribution in [1.82, 2.24) is 15.6 Å². The van der Waals surface area contributed by atoms with Crippen LogP contribution in [-0.2, 0) is 4.79 Å². The molecule has 0 aliphatic carbocycles. The Kier molecular flexibility index (Phi) is 4.93. The van der Waals surface area contributed by atoms with Crippen molar-refractivity contribution in [3.63, 3.8) is 0 Å². The monoisotopic (exact) mass is 236 g/mol. The average molecular weight is 236 g/mol. The number of aromatic nitrogens is 1. The number of carbonyl (C=O) groups excluding carboxylic acids is 2. The number of rotatable bonds is 5. The van der Waals surface area contributed by atoms with E-state index in [9.17, 15) is 9.59 Å². The Morgan fingerprint density at radius 2 is 2.12 bits per heavy atom. The number of nitrogens with zero attached hydrogens (tertiary/aromatic N) is 1. The fourth-order valence-electron chi connectivity index (χ4n) is 1.31. The van der Waals surface area contributed by atoms with Crippen LogP contribution in [0.1, 0.15) is 17.3 Å². The lowest BCUT2D eigenvalue weighted by Gasteiger charge is -2.08. The van der Waals surface area contributed by atoms with Crippen molar-refractivity contribution >= 4 is 17.5 Å². The molecule has 0 aliphatic rings. The van der Waals surface area contributed by atoms with E-state index >= 15 is 0 Å². The molecule has 0 atom stereocenters. The quantitative estimate of drug-likeness (QED) is 0.671. The van der Waals surface area contributed by atoms with Gasteiger partial charge in [0.15, 0.2) is 0 Å². The summed E-state index contributed by atoms with van der Waals surface area (Å²) in [5.74, 6) is -0.510. The fraction of sp³-hybridized carbons (Fsp3) is 0.364. The molecule has 17 heavy (non-hydrogen) atoms. The van der Waals surface area contributed by atoms with Crippen molar-refractivity contribution in [1.29, 1.82) is 0 Å². The van der Waals surface area contributed by atoms with Gasteiger partial charge in [-0.2, -0.15) is 0 Å². The van der Waals surface area contributed by atoms with E-state index in [1.807, 2.05) is 6.92 Å². The number of amides is 2. The molecule has 1 aromatic rings. The topological polar surface area (TPSA) is 83.1 Å². The molecule has 1 aromatic heterocycles. The minimum atomic E-state index is -0.303. The highest BCUT2D eigenvalue weighted by molar-refractivity contribution is 6.00. The normalized spacial score (nSPS) is 9.53. The van der Waals surface area contributed by atoms with Gasteiger partial charge in [0.1, 0.15) is 0 Å². The van der Waals surface area contributed by atoms with Crippen LogP contribution in [0.3, 0.4) is 0 Å². The molecule has 0 unspecified atom stereocenters. The number of hydrogen-bond donors (Lipinski definition) is 3. The maximum absolute atomic E-state index is 11.8. The van der Waals surface area contributed by atoms with Gasteiger partial charge in [-0.15, -0.1) is 0 Å². The highest BCUT2D eigenvalue weighted by atomic mass is 16.2. The molecule has 1 heterocycles. The minimum Gasteiger partial charge on any atom is -0.386 e. The first-order valence-electron chi connectivity index (χ1n) is 5.35. The summed E-state index contributed by atoms with van der Waals surface area (Å²) in [4.78, 5) is 26.9. The Morgan fingerprint density at radius 1 is 1.35 bits per heavy atom. The number of hydrogen-bond acceptors (Lipinski definition) is 4. The molecule has 0 aliphatic heterocycles. The number of anilines is 1. The maximum Gasteiger partial charge on any atom is 0.253 e. The van der Waals surface area contributed by atoms with Crippen LogP contribution in [0.2, 0.25) is 0 Å². The van der Waals surface area contributed by atoms with Crippen molar-refractivity contribution in [2.24, 2.45) is 0 Å². The van der Waals surface area contributed by atoms with Gasteiger partial charge in [0.2, 0.25) is 5.91 Å². The Morgan fingerprint density at radius 3 is 2.76 bits per heavy atom. The Labute approximate surface area is 99.8 Å². The lowest BCUT2D eigenvalue weighted by molar-refractivity contribution is -0.120. The van der Waals surface area contributed by atoms with E-state index in [2.05, 4.69) is 20.9 Å². The predicted molar refractivity (Wildman–Crippen MR) is 64.8 cm³/mol. The van der Waals surface area contributed by atoms with Gasteiger partial charge in [0.25, 0.3) is 5.91 Å². The Bertz CT molecular complexity index is 406. The highest BCUT2D eigenvalue weighted by Crippen LogP contribution is 2.11. The van der Waals surface area contributed by atoms with Crippen molar-refractivity contribution in [3.8, 4) is 0 Å². The Balaban J connectivity index is 2.61. The Hall–Kier alpha value is -2.11. The zero-order chi connectivity index (χ0) is 12.7. The second-order valence-corrected chi connectivity index (χ2v) is 3.31. The van der Waals surface area contributed by atoms with Crippen molar-refractivity contribution in [2.45, 2.75) is 6.92 Å². The first-order valence-corrected chi connectivity index (χ1v) is 5.35. The molecule has 0 spiro atoms. The van der Waals surface area contributed by atoms with Gasteiger partial charge >= 0.3 is 0 Å². The van der Waals surface area contributed by atoms with Gasteiger partial charge in [-0.1, -0.05) is 0 Å². The lowest BCUT2D eigenvalue weighted by Crippen LogP contribution is -2.36. The third kappa shape index (κ3) is 3.75. The van der Waals surface area contributed by atoms with Gasteiger partial charge in [0, 0.05) is 19.8 Å². The zero-order valence-electron chi connectivity index (χ0n) is 9.91. The summed E-state index contributed by atoms with van der Waals surface area (Å²) in [6.45, 7) is 2.34. The van der Waals surface area contributed by atoms with Crippen LogP contribution < -0.4 is 16.0 Å². The maximum atomic E-state index is 11.8. The largest absolute Gasteiger partial charge is 0.386 e. The van der Waals surface area contributed by atoms with E-state index < -0.39 is 0 Å². The molecule has 0 saturated heterocycles. The molecule has 0 saturated carbocycles. The summed E-state index contributed by atoms with van der Waals surface area (Å²) in [5.41, 5.74) is 1.09. The van der Waals surface area contributed by atoms with E-state index in [1.165, 1.54) is 6.20 Å². The average Bonchev–Trinajstić information content (AvgIpc) is 2.36. The molecule has 6 heteroatoms. The van der Waals surface area contributed by atoms with Gasteiger partial charge in [0.05, 0.1) is 24.0 Å². The van der Waals surface area contributed by atoms with Crippen LogP contribution in [0, 0.1) is 0 Å². The number of likely N-dealkylation sites (N-methyl/N-ethyl adjacent to an activating group) is 1. The number of pyridine rings is 1. The van der Waals surface area contributed by atoms with Gasteiger partial charge in [-0.25, -0.2) is 0 Å². The molecule has 6 nitrogen and oxygen atoms in total. The van der Waals surface area contributed by atoms with Crippen molar-refractivity contribution in [2.75, 3.05) is 25.5 Å². The molecular formula is C11H16N4O2. The van der Waals surface area contributed by atoms with Gasteiger partial charge in [-0.3, -0.25) is 14.6 Å². The summed E-state index contributed by atoms with van der Waals surface area (Å²) < 4.78 is 0. The summed E-state index contributed by atoms with van der Waals surface area (Å²) in [7, 11) is 1.71. The van der Waals surface area contributed by atoms with Crippen LogP contribution in [0.4, 0.5) is 5.69 Å². The summed E-state index contributed by atoms with van der Waals surface area (Å²) in [6.07, 6.45) is 3.09. The molecule has 92 valence electrons. The molecule has 0 bridgehead atoms. The summed E-state index contributed by atoms with van der Waals surface area (Å²) in [5, 5.41) is 8.00. The molecule has 0 fully saturated rings. The second kappa shape index (κ2) is 6.47. The minimum absolute atomic E-state index is 0.0296. The second-order valence-electron chi connectivity index (χ2n) is 3.31. The van der Waals surface area contributed by atoms with E-state index in [1.54, 1.807) is 19.3 Å². The molecular weight excluding hydrogens is 220 g/mol. The molecule has 3 N–H and O–H groups in total. The molecule has 0 aromatic carbocycles. The smallest absolute Gasteiger partial charge is 0.253 e. The van der Waals surface area contributed by atoms with E-state index in [4.69, 9.17) is 0 Å². The van der Waals surface area contributed by atoms with E-state index in [0.29, 0.717) is 17.8 Å². The fourth-order valence-corrected chi connectivity index (χ4v) is 1.31. The van der Waals surface area contributed by atoms with Crippen LogP contribution in [0.5, 0.6) is 0 Å². The van der Waals surface area contributed by atoms with Crippen molar-refractivity contribution < 1.29 is 9.59 Å². The van der Waals surface area contributed by atoms with Crippen molar-refractivity contribution in [3.05, 3.63) is 24.0 Å². The van der Waals surface area contributed by atoms with E-state index in [0.717, 1.165) is 0 Å². The van der Waals surface area contributed by atoms with Gasteiger partial charge in [-0.05, 0) is 13.0 Å². The first kappa shape index (κ1) is 13.0. The summed E-state index contributed by atoms with van der Waals surface area (Å²) >= 11 is 0. The van der Waals surface area contributed by atoms with Gasteiger partial charge < -0.3 is 16.0 Å². The van der Waals surface area contributed by atoms with Crippen LogP contribution >= 0.6 is 0 Å². The summed E-state index contributed by atoms with van der Waals surface area (Å²) in [6, 6.07) is 1.60. The lowest BCUT2D eigenvalue weighted by atomic mass is 10.2. The SMILES string of the molecule is CCNC(=O)CNC(=O)c1ccncc1NC.